The molecule has 1 atom stereocenters. The molecule has 0 amide bonds. The van der Waals surface area contributed by atoms with Crippen LogP contribution in [0.1, 0.15) is 0 Å². The molecule has 31 heavy (non-hydrogen) atoms. The van der Waals surface area contributed by atoms with Crippen LogP contribution in [0, 0.1) is 11.3 Å². The maximum atomic E-state index is 10.7. The van der Waals surface area contributed by atoms with Crippen molar-refractivity contribution in [2.75, 3.05) is 12.0 Å². The fourth-order valence-corrected chi connectivity index (χ4v) is 4.71. The minimum atomic E-state index is -6.09. The predicted molar refractivity (Wildman–Crippen MR) is 117 cm³/mol. The van der Waals surface area contributed by atoms with E-state index in [0.717, 1.165) is 0 Å². The lowest BCUT2D eigenvalue weighted by atomic mass is 10.00. The van der Waals surface area contributed by atoms with Crippen LogP contribution in [0.25, 0.3) is 32.3 Å². The highest BCUT2D eigenvalue weighted by Crippen LogP contribution is 2.35. The van der Waals surface area contributed by atoms with E-state index in [-0.39, 0.29) is 10.9 Å². The molecule has 9 heteroatoms. The summed E-state index contributed by atoms with van der Waals surface area (Å²) in [5, 5.41) is 16.8. The van der Waals surface area contributed by atoms with Gasteiger partial charge in [-0.1, -0.05) is 42.5 Å². The van der Waals surface area contributed by atoms with Gasteiger partial charge in [-0.3, -0.25) is 0 Å². The number of nitrogens with zero attached hydrogens (tertiary/aromatic N) is 1. The Morgan fingerprint density at radius 3 is 1.94 bits per heavy atom. The number of rotatable bonds is 2. The van der Waals surface area contributed by atoms with Crippen molar-refractivity contribution in [2.24, 2.45) is 0 Å². The van der Waals surface area contributed by atoms with Gasteiger partial charge in [-0.05, 0) is 45.8 Å². The highest BCUT2D eigenvalue weighted by molar-refractivity contribution is 7.96. The van der Waals surface area contributed by atoms with E-state index in [0.29, 0.717) is 5.75 Å². The Hall–Kier alpha value is -2.80. The fourth-order valence-electron chi connectivity index (χ4n) is 3.26. The van der Waals surface area contributed by atoms with Crippen LogP contribution < -0.4 is 0 Å². The summed E-state index contributed by atoms with van der Waals surface area (Å²) in [5.41, 5.74) is -5.65. The lowest BCUT2D eigenvalue weighted by Gasteiger charge is -2.10. The quantitative estimate of drug-likeness (QED) is 0.174. The molecule has 0 heterocycles. The average Bonchev–Trinajstić information content (AvgIpc) is 2.69. The summed E-state index contributed by atoms with van der Waals surface area (Å²) >= 11 is 0. The lowest BCUT2D eigenvalue weighted by Crippen LogP contribution is -2.21. The molecule has 0 radical (unpaired) electrons. The van der Waals surface area contributed by atoms with Gasteiger partial charge in [0, 0.05) is 21.7 Å². The van der Waals surface area contributed by atoms with Crippen LogP contribution >= 0.6 is 0 Å². The molecule has 4 aromatic carbocycles. The summed E-state index contributed by atoms with van der Waals surface area (Å²) in [6.07, 6.45) is 2.18. The molecule has 0 saturated heterocycles. The fraction of sp³-hybridized carbons (Fsp3) is 0.136. The first-order valence-electron chi connectivity index (χ1n) is 8.89. The predicted octanol–water partition coefficient (Wildman–Crippen LogP) is 5.33. The summed E-state index contributed by atoms with van der Waals surface area (Å²) in [7, 11) is -6.18. The van der Waals surface area contributed by atoms with Crippen LogP contribution in [0.3, 0.4) is 0 Å². The average molecular weight is 464 g/mol. The second-order valence-corrected chi connectivity index (χ2v) is 10.0. The zero-order valence-electron chi connectivity index (χ0n) is 16.2. The maximum Gasteiger partial charge on any atom is 0.485 e. The Bertz CT molecular complexity index is 1410. The maximum absolute atomic E-state index is 10.7. The smallest absolute Gasteiger partial charge is 0.485 e. The van der Waals surface area contributed by atoms with E-state index in [1.54, 1.807) is 0 Å². The van der Waals surface area contributed by atoms with Crippen LogP contribution in [0.5, 0.6) is 0 Å². The third-order valence-electron chi connectivity index (χ3n) is 4.59. The second-order valence-electron chi connectivity index (χ2n) is 6.69. The molecule has 0 aliphatic rings. The van der Waals surface area contributed by atoms with E-state index in [4.69, 9.17) is 13.0 Å². The first-order chi connectivity index (χ1) is 14.5. The number of nitriles is 1. The number of hydrogen-bond donors (Lipinski definition) is 0. The zero-order chi connectivity index (χ0) is 22.8. The molecule has 0 fully saturated rings. The monoisotopic (exact) mass is 463 g/mol. The highest BCUT2D eigenvalue weighted by Gasteiger charge is 2.36. The van der Waals surface area contributed by atoms with Gasteiger partial charge in [0.15, 0.2) is 20.8 Å². The van der Waals surface area contributed by atoms with Gasteiger partial charge in [0.2, 0.25) is 0 Å². The third-order valence-corrected chi connectivity index (χ3v) is 6.86. The summed E-state index contributed by atoms with van der Waals surface area (Å²) in [6, 6.07) is 26.2. The molecule has 0 saturated carbocycles. The molecular formula is C22H16F3NO3S2. The van der Waals surface area contributed by atoms with E-state index in [1.807, 2.05) is 0 Å². The van der Waals surface area contributed by atoms with Gasteiger partial charge in [-0.2, -0.15) is 18.4 Å². The summed E-state index contributed by atoms with van der Waals surface area (Å²) in [6.45, 7) is 0. The summed E-state index contributed by atoms with van der Waals surface area (Å²) in [5.74, 6) is 0.565. The van der Waals surface area contributed by atoms with E-state index in [1.165, 1.54) is 37.2 Å². The molecular weight excluding hydrogens is 447 g/mol. The van der Waals surface area contributed by atoms with Crippen molar-refractivity contribution in [3.05, 3.63) is 66.7 Å². The molecule has 0 aliphatic heterocycles. The Balaban J connectivity index is 0.000000293. The number of alkyl halides is 3. The molecule has 4 rings (SSSR count). The van der Waals surface area contributed by atoms with Gasteiger partial charge in [-0.25, -0.2) is 8.42 Å². The van der Waals surface area contributed by atoms with E-state index < -0.39 is 15.6 Å². The molecule has 4 aromatic rings. The van der Waals surface area contributed by atoms with Crippen molar-refractivity contribution in [2.45, 2.75) is 10.4 Å². The van der Waals surface area contributed by atoms with Crippen molar-refractivity contribution in [3.8, 4) is 6.07 Å². The largest absolute Gasteiger partial charge is 0.741 e. The van der Waals surface area contributed by atoms with Crippen molar-refractivity contribution in [3.63, 3.8) is 0 Å². The second kappa shape index (κ2) is 8.75. The van der Waals surface area contributed by atoms with Gasteiger partial charge in [-0.15, -0.1) is 0 Å². The Labute approximate surface area is 180 Å². The van der Waals surface area contributed by atoms with Crippen molar-refractivity contribution < 1.29 is 26.1 Å². The SMILES string of the molecule is C[S+](CC#N)c1c2ccccc2cc2cc3ccccc3cc12.O=S(=O)([O-])C(F)(F)F. The summed E-state index contributed by atoms with van der Waals surface area (Å²) in [4.78, 5) is 1.32. The van der Waals surface area contributed by atoms with Crippen LogP contribution in [-0.2, 0) is 21.0 Å². The first-order valence-corrected chi connectivity index (χ1v) is 12.1. The number of halogens is 3. The Morgan fingerprint density at radius 1 is 0.903 bits per heavy atom. The van der Waals surface area contributed by atoms with Crippen molar-refractivity contribution in [1.82, 2.24) is 0 Å². The number of benzene rings is 4. The topological polar surface area (TPSA) is 81.0 Å². The molecule has 0 aromatic heterocycles. The zero-order valence-corrected chi connectivity index (χ0v) is 17.8. The van der Waals surface area contributed by atoms with Gasteiger partial charge >= 0.3 is 5.51 Å². The number of fused-ring (bicyclic) bond motifs is 3. The number of hydrogen-bond acceptors (Lipinski definition) is 4. The highest BCUT2D eigenvalue weighted by atomic mass is 32.2. The van der Waals surface area contributed by atoms with Crippen molar-refractivity contribution in [1.29, 1.82) is 5.26 Å². The standard InChI is InChI=1S/C21H16NS.CHF3O3S/c1-23(11-10-22)21-19-9-5-4-8-17(19)13-18-12-15-6-2-3-7-16(15)14-20(18)21;2-1(3,4)8(5,6)7/h2-9,12-14H,11H2,1H3;(H,5,6,7)/q+1;/p-1. The third kappa shape index (κ3) is 4.93. The van der Waals surface area contributed by atoms with Crippen LogP contribution in [0.4, 0.5) is 13.2 Å². The van der Waals surface area contributed by atoms with Gasteiger partial charge in [0.1, 0.15) is 12.3 Å². The minimum absolute atomic E-state index is 0.0866. The molecule has 1 unspecified atom stereocenters. The molecule has 4 nitrogen and oxygen atoms in total. The van der Waals surface area contributed by atoms with E-state index in [9.17, 15) is 18.4 Å². The van der Waals surface area contributed by atoms with Gasteiger partial charge in [0.25, 0.3) is 0 Å². The van der Waals surface area contributed by atoms with Crippen molar-refractivity contribution >= 4 is 53.3 Å². The van der Waals surface area contributed by atoms with E-state index >= 15 is 0 Å². The van der Waals surface area contributed by atoms with Crippen LogP contribution in [0.2, 0.25) is 0 Å². The van der Waals surface area contributed by atoms with Gasteiger partial charge < -0.3 is 4.55 Å². The molecule has 160 valence electrons. The first kappa shape index (κ1) is 22.9. The lowest BCUT2D eigenvalue weighted by molar-refractivity contribution is -0.0517. The minimum Gasteiger partial charge on any atom is -0.741 e. The van der Waals surface area contributed by atoms with Crippen LogP contribution in [-0.4, -0.2) is 30.5 Å². The molecule has 0 bridgehead atoms. The molecule has 0 aliphatic carbocycles. The van der Waals surface area contributed by atoms with Crippen LogP contribution in [0.15, 0.2) is 71.6 Å². The molecule has 0 N–H and O–H groups in total. The Morgan fingerprint density at radius 2 is 1.39 bits per heavy atom. The van der Waals surface area contributed by atoms with Gasteiger partial charge in [0.05, 0.1) is 0 Å². The normalized spacial score (nSPS) is 12.9. The Kier molecular flexibility index (Phi) is 6.46. The van der Waals surface area contributed by atoms with E-state index in [2.05, 4.69) is 79.1 Å². The summed E-state index contributed by atoms with van der Waals surface area (Å²) < 4.78 is 58.9. The molecule has 0 spiro atoms.